The number of benzene rings is 1. The molecule has 0 spiro atoms. The van der Waals surface area contributed by atoms with Crippen molar-refractivity contribution in [3.05, 3.63) is 34.1 Å². The maximum absolute atomic E-state index is 13.9. The Hall–Kier alpha value is -1.14. The van der Waals surface area contributed by atoms with Crippen molar-refractivity contribution < 1.29 is 4.39 Å². The van der Waals surface area contributed by atoms with Crippen molar-refractivity contribution in [3.8, 4) is 0 Å². The first-order valence-electron chi connectivity index (χ1n) is 8.70. The Labute approximate surface area is 152 Å². The molecule has 2 fully saturated rings. The molecule has 1 aromatic rings. The van der Waals surface area contributed by atoms with Crippen LogP contribution in [-0.2, 0) is 6.54 Å². The van der Waals surface area contributed by atoms with Crippen LogP contribution < -0.4 is 10.6 Å². The Morgan fingerprint density at radius 1 is 1.33 bits per heavy atom. The van der Waals surface area contributed by atoms with Crippen molar-refractivity contribution in [1.29, 1.82) is 0 Å². The van der Waals surface area contributed by atoms with Crippen LogP contribution in [0.25, 0.3) is 0 Å². The number of guanidine groups is 1. The van der Waals surface area contributed by atoms with Crippen molar-refractivity contribution in [2.75, 3.05) is 14.1 Å². The normalized spacial score (nSPS) is 27.8. The number of fused-ring (bicyclic) bond motifs is 2. The maximum Gasteiger partial charge on any atom is 0.191 e. The lowest BCUT2D eigenvalue weighted by Crippen LogP contribution is -2.56. The molecule has 24 heavy (non-hydrogen) atoms. The quantitative estimate of drug-likeness (QED) is 0.608. The number of hydrogen-bond donors (Lipinski definition) is 2. The van der Waals surface area contributed by atoms with E-state index in [4.69, 9.17) is 0 Å². The molecule has 3 rings (SSSR count). The molecule has 0 radical (unpaired) electrons. The number of hydrogen-bond acceptors (Lipinski definition) is 2. The fourth-order valence-electron chi connectivity index (χ4n) is 3.97. The van der Waals surface area contributed by atoms with E-state index in [1.54, 1.807) is 13.1 Å². The summed E-state index contributed by atoms with van der Waals surface area (Å²) in [5.41, 5.74) is 0.640. The number of piperidine rings is 2. The molecule has 0 aliphatic carbocycles. The van der Waals surface area contributed by atoms with Crippen molar-refractivity contribution in [3.63, 3.8) is 0 Å². The van der Waals surface area contributed by atoms with Gasteiger partial charge in [0.15, 0.2) is 5.96 Å². The van der Waals surface area contributed by atoms with Crippen molar-refractivity contribution in [2.24, 2.45) is 4.99 Å². The molecule has 2 heterocycles. The minimum atomic E-state index is -0.207. The second-order valence-electron chi connectivity index (χ2n) is 6.88. The number of nitrogens with one attached hydrogen (secondary N) is 2. The fraction of sp³-hybridized carbons (Fsp3) is 0.611. The summed E-state index contributed by atoms with van der Waals surface area (Å²) in [6.07, 6.45) is 6.24. The average molecular weight is 397 g/mol. The van der Waals surface area contributed by atoms with E-state index in [-0.39, 0.29) is 5.82 Å². The van der Waals surface area contributed by atoms with E-state index >= 15 is 0 Å². The van der Waals surface area contributed by atoms with Gasteiger partial charge in [0.2, 0.25) is 0 Å². The summed E-state index contributed by atoms with van der Waals surface area (Å²) in [4.78, 5) is 6.86. The molecule has 1 aromatic carbocycles. The van der Waals surface area contributed by atoms with Gasteiger partial charge in [0.1, 0.15) is 5.82 Å². The fourth-order valence-corrected chi connectivity index (χ4v) is 4.30. The second kappa shape index (κ2) is 7.83. The zero-order chi connectivity index (χ0) is 17.1. The van der Waals surface area contributed by atoms with Gasteiger partial charge < -0.3 is 15.5 Å². The molecule has 0 saturated carbocycles. The molecule has 2 atom stereocenters. The summed E-state index contributed by atoms with van der Waals surface area (Å²) >= 11 is 3.28. The van der Waals surface area contributed by atoms with E-state index in [1.165, 1.54) is 25.3 Å². The third-order valence-electron chi connectivity index (χ3n) is 5.37. The Balaban J connectivity index is 1.55. The molecule has 0 amide bonds. The first-order chi connectivity index (χ1) is 11.6. The number of nitrogens with zero attached hydrogens (tertiary/aromatic N) is 2. The smallest absolute Gasteiger partial charge is 0.191 e. The highest BCUT2D eigenvalue weighted by molar-refractivity contribution is 9.10. The van der Waals surface area contributed by atoms with Crippen LogP contribution in [-0.4, -0.2) is 43.1 Å². The number of rotatable bonds is 3. The van der Waals surface area contributed by atoms with E-state index in [0.29, 0.717) is 30.2 Å². The Kier molecular flexibility index (Phi) is 5.76. The molecule has 2 aliphatic rings. The molecule has 2 unspecified atom stereocenters. The minimum Gasteiger partial charge on any atom is -0.354 e. The van der Waals surface area contributed by atoms with Crippen LogP contribution in [0, 0.1) is 5.82 Å². The van der Waals surface area contributed by atoms with Crippen molar-refractivity contribution in [2.45, 2.75) is 56.8 Å². The molecule has 6 heteroatoms. The summed E-state index contributed by atoms with van der Waals surface area (Å²) < 4.78 is 14.7. The molecule has 2 N–H and O–H groups in total. The Morgan fingerprint density at radius 2 is 2.04 bits per heavy atom. The molecule has 2 bridgehead atoms. The topological polar surface area (TPSA) is 39.7 Å². The molecule has 4 nitrogen and oxygen atoms in total. The van der Waals surface area contributed by atoms with Crippen LogP contribution >= 0.6 is 15.9 Å². The Bertz CT molecular complexity index is 593. The van der Waals surface area contributed by atoms with Crippen LogP contribution in [0.15, 0.2) is 27.7 Å². The molecule has 2 aliphatic heterocycles. The zero-order valence-corrected chi connectivity index (χ0v) is 15.9. The van der Waals surface area contributed by atoms with Gasteiger partial charge in [-0.2, -0.15) is 0 Å². The lowest BCUT2D eigenvalue weighted by molar-refractivity contribution is 0.0526. The van der Waals surface area contributed by atoms with Gasteiger partial charge in [-0.1, -0.05) is 28.4 Å². The second-order valence-corrected chi connectivity index (χ2v) is 7.79. The van der Waals surface area contributed by atoms with E-state index in [2.05, 4.69) is 43.5 Å². The molecule has 2 saturated heterocycles. The van der Waals surface area contributed by atoms with Crippen LogP contribution in [0.4, 0.5) is 4.39 Å². The third-order valence-corrected chi connectivity index (χ3v) is 5.86. The van der Waals surface area contributed by atoms with Gasteiger partial charge in [0, 0.05) is 41.8 Å². The van der Waals surface area contributed by atoms with Gasteiger partial charge in [0.05, 0.1) is 0 Å². The highest BCUT2D eigenvalue weighted by Crippen LogP contribution is 2.32. The first kappa shape index (κ1) is 17.7. The summed E-state index contributed by atoms with van der Waals surface area (Å²) in [5.74, 6) is 0.547. The van der Waals surface area contributed by atoms with Gasteiger partial charge in [-0.3, -0.25) is 4.99 Å². The van der Waals surface area contributed by atoms with Gasteiger partial charge in [-0.05, 0) is 44.9 Å². The van der Waals surface area contributed by atoms with Crippen LogP contribution in [0.1, 0.15) is 37.7 Å². The Morgan fingerprint density at radius 3 is 2.67 bits per heavy atom. The van der Waals surface area contributed by atoms with E-state index in [1.807, 2.05) is 6.07 Å². The predicted octanol–water partition coefficient (Wildman–Crippen LogP) is 3.27. The number of halogens is 2. The van der Waals surface area contributed by atoms with Gasteiger partial charge in [-0.25, -0.2) is 4.39 Å². The van der Waals surface area contributed by atoms with Crippen molar-refractivity contribution in [1.82, 2.24) is 15.5 Å². The predicted molar refractivity (Wildman–Crippen MR) is 99.6 cm³/mol. The zero-order valence-electron chi connectivity index (χ0n) is 14.4. The standard InChI is InChI=1S/C18H26BrFN4/c1-21-18(22-11-12-6-7-13(19)8-17(12)20)23-14-9-15-4-3-5-16(10-14)24(15)2/h6-8,14-16H,3-5,9-11H2,1-2H3,(H2,21,22,23). The summed E-state index contributed by atoms with van der Waals surface area (Å²) in [7, 11) is 4.02. The van der Waals surface area contributed by atoms with E-state index in [9.17, 15) is 4.39 Å². The van der Waals surface area contributed by atoms with Gasteiger partial charge >= 0.3 is 0 Å². The van der Waals surface area contributed by atoms with Crippen molar-refractivity contribution >= 4 is 21.9 Å². The molecular weight excluding hydrogens is 371 g/mol. The van der Waals surface area contributed by atoms with E-state index in [0.717, 1.165) is 23.3 Å². The molecule has 132 valence electrons. The van der Waals surface area contributed by atoms with Crippen LogP contribution in [0.3, 0.4) is 0 Å². The lowest BCUT2D eigenvalue weighted by Gasteiger charge is -2.47. The van der Waals surface area contributed by atoms with Gasteiger partial charge in [0.25, 0.3) is 0 Å². The monoisotopic (exact) mass is 396 g/mol. The number of aliphatic imine (C=N–C) groups is 1. The highest BCUT2D eigenvalue weighted by Gasteiger charge is 2.36. The van der Waals surface area contributed by atoms with Crippen LogP contribution in [0.2, 0.25) is 0 Å². The van der Waals surface area contributed by atoms with E-state index < -0.39 is 0 Å². The summed E-state index contributed by atoms with van der Waals surface area (Å²) in [6, 6.07) is 6.94. The summed E-state index contributed by atoms with van der Waals surface area (Å²) in [6.45, 7) is 0.429. The lowest BCUT2D eigenvalue weighted by atomic mass is 9.82. The van der Waals surface area contributed by atoms with Gasteiger partial charge in [-0.15, -0.1) is 0 Å². The summed E-state index contributed by atoms with van der Waals surface area (Å²) in [5, 5.41) is 6.78. The largest absolute Gasteiger partial charge is 0.354 e. The minimum absolute atomic E-state index is 0.207. The average Bonchev–Trinajstić information content (AvgIpc) is 2.53. The third kappa shape index (κ3) is 4.09. The SMILES string of the molecule is CN=C(NCc1ccc(Br)cc1F)NC1CC2CCCC(C1)N2C. The first-order valence-corrected chi connectivity index (χ1v) is 9.49. The van der Waals surface area contributed by atoms with Crippen LogP contribution in [0.5, 0.6) is 0 Å². The molecular formula is C18H26BrFN4. The maximum atomic E-state index is 13.9. The molecule has 0 aromatic heterocycles. The highest BCUT2D eigenvalue weighted by atomic mass is 79.9.